The lowest BCUT2D eigenvalue weighted by Crippen LogP contribution is -2.44. The molecule has 0 bridgehead atoms. The van der Waals surface area contributed by atoms with Crippen molar-refractivity contribution in [3.63, 3.8) is 0 Å². The second-order valence-electron chi connectivity index (χ2n) is 4.91. The minimum absolute atomic E-state index is 0.0630. The summed E-state index contributed by atoms with van der Waals surface area (Å²) in [6.45, 7) is 0.0645. The standard InChI is InChI=1S/C12H23N3O2/c1-15(2)11(16)8-14-12(17)9-6-4-3-5-7-10(9)13/h9-10H,3-8,13H2,1-2H3,(H,14,17). The van der Waals surface area contributed by atoms with Crippen molar-refractivity contribution in [3.05, 3.63) is 0 Å². The lowest BCUT2D eigenvalue weighted by molar-refractivity contribution is -0.132. The molecule has 0 heterocycles. The van der Waals surface area contributed by atoms with E-state index in [1.165, 1.54) is 4.90 Å². The molecule has 0 aromatic heterocycles. The Bertz CT molecular complexity index is 279. The topological polar surface area (TPSA) is 75.4 Å². The molecule has 2 atom stereocenters. The molecule has 5 heteroatoms. The molecule has 1 rings (SSSR count). The van der Waals surface area contributed by atoms with Gasteiger partial charge in [-0.25, -0.2) is 0 Å². The van der Waals surface area contributed by atoms with Crippen LogP contribution < -0.4 is 11.1 Å². The van der Waals surface area contributed by atoms with Gasteiger partial charge in [0.25, 0.3) is 0 Å². The van der Waals surface area contributed by atoms with Crippen LogP contribution in [0, 0.1) is 5.92 Å². The number of nitrogens with zero attached hydrogens (tertiary/aromatic N) is 1. The van der Waals surface area contributed by atoms with Crippen LogP contribution in [0.2, 0.25) is 0 Å². The number of rotatable bonds is 3. The predicted octanol–water partition coefficient (Wildman–Crippen LogP) is 0.0984. The van der Waals surface area contributed by atoms with E-state index in [2.05, 4.69) is 5.32 Å². The second kappa shape index (κ2) is 6.59. The summed E-state index contributed by atoms with van der Waals surface area (Å²) < 4.78 is 0. The van der Waals surface area contributed by atoms with Gasteiger partial charge in [-0.1, -0.05) is 19.3 Å². The summed E-state index contributed by atoms with van der Waals surface area (Å²) in [6.07, 6.45) is 5.03. The van der Waals surface area contributed by atoms with Crippen LogP contribution in [0.5, 0.6) is 0 Å². The first-order valence-corrected chi connectivity index (χ1v) is 6.26. The lowest BCUT2D eigenvalue weighted by atomic mass is 9.94. The molecular formula is C12H23N3O2. The molecule has 0 saturated heterocycles. The van der Waals surface area contributed by atoms with Crippen LogP contribution in [-0.2, 0) is 9.59 Å². The summed E-state index contributed by atoms with van der Waals surface area (Å²) in [5, 5.41) is 2.68. The van der Waals surface area contributed by atoms with E-state index in [1.807, 2.05) is 0 Å². The minimum Gasteiger partial charge on any atom is -0.347 e. The highest BCUT2D eigenvalue weighted by Crippen LogP contribution is 2.22. The summed E-state index contributed by atoms with van der Waals surface area (Å²) >= 11 is 0. The van der Waals surface area contributed by atoms with E-state index in [4.69, 9.17) is 5.73 Å². The Morgan fingerprint density at radius 2 is 1.88 bits per heavy atom. The van der Waals surface area contributed by atoms with Gasteiger partial charge in [0.05, 0.1) is 12.5 Å². The van der Waals surface area contributed by atoms with E-state index in [0.717, 1.165) is 32.1 Å². The van der Waals surface area contributed by atoms with Gasteiger partial charge in [0, 0.05) is 20.1 Å². The molecule has 1 saturated carbocycles. The molecule has 3 N–H and O–H groups in total. The van der Waals surface area contributed by atoms with Gasteiger partial charge in [0.1, 0.15) is 0 Å². The van der Waals surface area contributed by atoms with Crippen LogP contribution in [0.15, 0.2) is 0 Å². The summed E-state index contributed by atoms with van der Waals surface area (Å²) in [5.41, 5.74) is 5.99. The minimum atomic E-state index is -0.132. The number of carbonyl (C=O) groups excluding carboxylic acids is 2. The third kappa shape index (κ3) is 4.34. The highest BCUT2D eigenvalue weighted by atomic mass is 16.2. The fraction of sp³-hybridized carbons (Fsp3) is 0.833. The van der Waals surface area contributed by atoms with Gasteiger partial charge in [-0.2, -0.15) is 0 Å². The SMILES string of the molecule is CN(C)C(=O)CNC(=O)C1CCCCCC1N. The Hall–Kier alpha value is -1.10. The monoisotopic (exact) mass is 241 g/mol. The van der Waals surface area contributed by atoms with Crippen molar-refractivity contribution >= 4 is 11.8 Å². The van der Waals surface area contributed by atoms with E-state index in [9.17, 15) is 9.59 Å². The zero-order chi connectivity index (χ0) is 12.8. The number of likely N-dealkylation sites (N-methyl/N-ethyl adjacent to an activating group) is 1. The highest BCUT2D eigenvalue weighted by molar-refractivity contribution is 5.85. The van der Waals surface area contributed by atoms with Gasteiger partial charge in [0.15, 0.2) is 0 Å². The van der Waals surface area contributed by atoms with E-state index in [-0.39, 0.29) is 30.3 Å². The van der Waals surface area contributed by atoms with Crippen molar-refractivity contribution in [1.82, 2.24) is 10.2 Å². The molecule has 98 valence electrons. The van der Waals surface area contributed by atoms with Crippen molar-refractivity contribution in [2.75, 3.05) is 20.6 Å². The van der Waals surface area contributed by atoms with Crippen LogP contribution in [0.4, 0.5) is 0 Å². The van der Waals surface area contributed by atoms with Gasteiger partial charge in [-0.3, -0.25) is 9.59 Å². The second-order valence-corrected chi connectivity index (χ2v) is 4.91. The van der Waals surface area contributed by atoms with Gasteiger partial charge in [-0.05, 0) is 12.8 Å². The van der Waals surface area contributed by atoms with E-state index >= 15 is 0 Å². The zero-order valence-electron chi connectivity index (χ0n) is 10.7. The average molecular weight is 241 g/mol. The maximum atomic E-state index is 11.9. The van der Waals surface area contributed by atoms with Gasteiger partial charge < -0.3 is 16.0 Å². The fourth-order valence-corrected chi connectivity index (χ4v) is 2.11. The highest BCUT2D eigenvalue weighted by Gasteiger charge is 2.27. The molecule has 0 aromatic rings. The van der Waals surface area contributed by atoms with Gasteiger partial charge in [0.2, 0.25) is 11.8 Å². The number of amides is 2. The lowest BCUT2D eigenvalue weighted by Gasteiger charge is -2.20. The van der Waals surface area contributed by atoms with E-state index < -0.39 is 0 Å². The summed E-state index contributed by atoms with van der Waals surface area (Å²) in [7, 11) is 3.34. The summed E-state index contributed by atoms with van der Waals surface area (Å²) in [6, 6.07) is -0.0630. The summed E-state index contributed by atoms with van der Waals surface area (Å²) in [5.74, 6) is -0.303. The number of nitrogens with one attached hydrogen (secondary N) is 1. The zero-order valence-corrected chi connectivity index (χ0v) is 10.7. The van der Waals surface area contributed by atoms with Crippen LogP contribution in [0.25, 0.3) is 0 Å². The number of hydrogen-bond donors (Lipinski definition) is 2. The smallest absolute Gasteiger partial charge is 0.241 e. The maximum absolute atomic E-state index is 11.9. The van der Waals surface area contributed by atoms with Crippen LogP contribution >= 0.6 is 0 Å². The van der Waals surface area contributed by atoms with E-state index in [0.29, 0.717) is 0 Å². The molecule has 17 heavy (non-hydrogen) atoms. The summed E-state index contributed by atoms with van der Waals surface area (Å²) in [4.78, 5) is 24.8. The Morgan fingerprint density at radius 1 is 1.24 bits per heavy atom. The van der Waals surface area contributed by atoms with Crippen molar-refractivity contribution in [3.8, 4) is 0 Å². The predicted molar refractivity (Wildman–Crippen MR) is 66.3 cm³/mol. The molecule has 1 fully saturated rings. The van der Waals surface area contributed by atoms with Crippen LogP contribution in [0.1, 0.15) is 32.1 Å². The first-order chi connectivity index (χ1) is 8.02. The average Bonchev–Trinajstić information content (AvgIpc) is 2.50. The Kier molecular flexibility index (Phi) is 5.41. The van der Waals surface area contributed by atoms with Gasteiger partial charge >= 0.3 is 0 Å². The molecule has 2 amide bonds. The Morgan fingerprint density at radius 3 is 2.53 bits per heavy atom. The van der Waals surface area contributed by atoms with Crippen molar-refractivity contribution in [2.45, 2.75) is 38.1 Å². The van der Waals surface area contributed by atoms with Crippen molar-refractivity contribution < 1.29 is 9.59 Å². The molecule has 0 aromatic carbocycles. The largest absolute Gasteiger partial charge is 0.347 e. The van der Waals surface area contributed by atoms with Gasteiger partial charge in [-0.15, -0.1) is 0 Å². The number of carbonyl (C=O) groups is 2. The third-order valence-electron chi connectivity index (χ3n) is 3.32. The van der Waals surface area contributed by atoms with E-state index in [1.54, 1.807) is 14.1 Å². The molecule has 5 nitrogen and oxygen atoms in total. The first-order valence-electron chi connectivity index (χ1n) is 6.26. The Labute approximate surface area is 103 Å². The number of hydrogen-bond acceptors (Lipinski definition) is 3. The van der Waals surface area contributed by atoms with Crippen LogP contribution in [0.3, 0.4) is 0 Å². The maximum Gasteiger partial charge on any atom is 0.241 e. The van der Waals surface area contributed by atoms with Crippen molar-refractivity contribution in [2.24, 2.45) is 11.7 Å². The molecule has 2 unspecified atom stereocenters. The molecule has 1 aliphatic carbocycles. The quantitative estimate of drug-likeness (QED) is 0.688. The van der Waals surface area contributed by atoms with Crippen LogP contribution in [-0.4, -0.2) is 43.4 Å². The molecule has 0 spiro atoms. The molecule has 0 aliphatic heterocycles. The number of nitrogens with two attached hydrogens (primary N) is 1. The normalized spacial score (nSPS) is 24.9. The molecular weight excluding hydrogens is 218 g/mol. The van der Waals surface area contributed by atoms with Crippen molar-refractivity contribution in [1.29, 1.82) is 0 Å². The molecule has 1 aliphatic rings. The molecule has 0 radical (unpaired) electrons. The Balaban J connectivity index is 2.42. The third-order valence-corrected chi connectivity index (χ3v) is 3.32. The fourth-order valence-electron chi connectivity index (χ4n) is 2.11. The first kappa shape index (κ1) is 14.0.